The van der Waals surface area contributed by atoms with Gasteiger partial charge < -0.3 is 10.5 Å². The zero-order valence-electron chi connectivity index (χ0n) is 10.7. The van der Waals surface area contributed by atoms with E-state index >= 15 is 0 Å². The minimum Gasteiger partial charge on any atom is -0.381 e. The maximum absolute atomic E-state index is 11.3. The molecule has 0 aromatic carbocycles. The van der Waals surface area contributed by atoms with E-state index in [1.807, 2.05) is 0 Å². The first-order valence-electron chi connectivity index (χ1n) is 6.77. The Labute approximate surface area is 103 Å². The number of amides is 1. The van der Waals surface area contributed by atoms with E-state index in [0.29, 0.717) is 12.1 Å². The van der Waals surface area contributed by atoms with Crippen molar-refractivity contribution in [2.45, 2.75) is 50.7 Å². The van der Waals surface area contributed by atoms with Crippen LogP contribution in [0.2, 0.25) is 0 Å². The molecule has 0 bridgehead atoms. The molecule has 1 amide bonds. The molecule has 1 saturated carbocycles. The number of rotatable bonds is 3. The Bertz CT molecular complexity index is 262. The van der Waals surface area contributed by atoms with Gasteiger partial charge in [-0.05, 0) is 45.1 Å². The van der Waals surface area contributed by atoms with Gasteiger partial charge in [0.15, 0.2) is 0 Å². The first-order chi connectivity index (χ1) is 8.20. The van der Waals surface area contributed by atoms with Crippen molar-refractivity contribution in [3.05, 3.63) is 0 Å². The summed E-state index contributed by atoms with van der Waals surface area (Å²) in [5.41, 5.74) is 5.42. The topological polar surface area (TPSA) is 55.6 Å². The third-order valence-corrected chi connectivity index (χ3v) is 4.35. The van der Waals surface area contributed by atoms with Crippen molar-refractivity contribution in [2.24, 2.45) is 11.7 Å². The van der Waals surface area contributed by atoms with Gasteiger partial charge >= 0.3 is 0 Å². The molecule has 98 valence electrons. The number of carbonyl (C=O) groups is 1. The predicted molar refractivity (Wildman–Crippen MR) is 66.5 cm³/mol. The van der Waals surface area contributed by atoms with Crippen molar-refractivity contribution in [3.63, 3.8) is 0 Å². The average molecular weight is 240 g/mol. The second kappa shape index (κ2) is 5.83. The molecule has 2 aliphatic rings. The standard InChI is InChI=1S/C13H24N2O2/c1-17-12-6-4-11(5-7-12)15-8-2-3-10(9-15)13(14)16/h10-12H,2-9H2,1H3,(H2,14,16). The lowest BCUT2D eigenvalue weighted by Crippen LogP contribution is -2.47. The molecule has 2 fully saturated rings. The number of methoxy groups -OCH3 is 1. The second-order valence-electron chi connectivity index (χ2n) is 5.40. The minimum absolute atomic E-state index is 0.0731. The predicted octanol–water partition coefficient (Wildman–Crippen LogP) is 1.14. The van der Waals surface area contributed by atoms with Gasteiger partial charge in [-0.1, -0.05) is 0 Å². The van der Waals surface area contributed by atoms with Crippen molar-refractivity contribution in [2.75, 3.05) is 20.2 Å². The second-order valence-corrected chi connectivity index (χ2v) is 5.40. The molecule has 2 N–H and O–H groups in total. The Morgan fingerprint density at radius 2 is 1.94 bits per heavy atom. The van der Waals surface area contributed by atoms with Crippen LogP contribution in [0.1, 0.15) is 38.5 Å². The molecule has 4 nitrogen and oxygen atoms in total. The van der Waals surface area contributed by atoms with Crippen LogP contribution in [0, 0.1) is 5.92 Å². The minimum atomic E-state index is -0.125. The number of carbonyl (C=O) groups excluding carboxylic acids is 1. The van der Waals surface area contributed by atoms with E-state index in [2.05, 4.69) is 4.90 Å². The fraction of sp³-hybridized carbons (Fsp3) is 0.923. The highest BCUT2D eigenvalue weighted by Crippen LogP contribution is 2.28. The van der Waals surface area contributed by atoms with E-state index in [1.54, 1.807) is 7.11 Å². The SMILES string of the molecule is COC1CCC(N2CCCC(C(N)=O)C2)CC1. The van der Waals surface area contributed by atoms with E-state index < -0.39 is 0 Å². The molecule has 17 heavy (non-hydrogen) atoms. The van der Waals surface area contributed by atoms with Crippen molar-refractivity contribution in [1.82, 2.24) is 4.90 Å². The van der Waals surface area contributed by atoms with Gasteiger partial charge in [-0.25, -0.2) is 0 Å². The number of primary amides is 1. The number of nitrogens with zero attached hydrogens (tertiary/aromatic N) is 1. The molecule has 1 unspecified atom stereocenters. The summed E-state index contributed by atoms with van der Waals surface area (Å²) in [5, 5.41) is 0. The molecule has 1 saturated heterocycles. The molecule has 2 rings (SSSR count). The molecular weight excluding hydrogens is 216 g/mol. The Morgan fingerprint density at radius 3 is 2.53 bits per heavy atom. The molecular formula is C13H24N2O2. The van der Waals surface area contributed by atoms with Crippen LogP contribution < -0.4 is 5.73 Å². The molecule has 0 spiro atoms. The fourth-order valence-electron chi connectivity index (χ4n) is 3.22. The molecule has 0 aromatic heterocycles. The smallest absolute Gasteiger partial charge is 0.221 e. The largest absolute Gasteiger partial charge is 0.381 e. The van der Waals surface area contributed by atoms with E-state index in [1.165, 1.54) is 12.8 Å². The van der Waals surface area contributed by atoms with Crippen LogP contribution in [0.25, 0.3) is 0 Å². The highest BCUT2D eigenvalue weighted by atomic mass is 16.5. The summed E-state index contributed by atoms with van der Waals surface area (Å²) in [7, 11) is 1.80. The summed E-state index contributed by atoms with van der Waals surface area (Å²) in [4.78, 5) is 13.7. The summed E-state index contributed by atoms with van der Waals surface area (Å²) in [5.74, 6) is -0.0517. The van der Waals surface area contributed by atoms with E-state index in [-0.39, 0.29) is 11.8 Å². The monoisotopic (exact) mass is 240 g/mol. The van der Waals surface area contributed by atoms with Crippen molar-refractivity contribution in [3.8, 4) is 0 Å². The van der Waals surface area contributed by atoms with Gasteiger partial charge in [-0.15, -0.1) is 0 Å². The molecule has 0 radical (unpaired) electrons. The number of hydrogen-bond donors (Lipinski definition) is 1. The molecule has 1 aliphatic heterocycles. The van der Waals surface area contributed by atoms with Gasteiger partial charge in [0.2, 0.25) is 5.91 Å². The number of likely N-dealkylation sites (tertiary alicyclic amines) is 1. The Morgan fingerprint density at radius 1 is 1.24 bits per heavy atom. The third-order valence-electron chi connectivity index (χ3n) is 4.35. The van der Waals surface area contributed by atoms with Crippen molar-refractivity contribution >= 4 is 5.91 Å². The van der Waals surface area contributed by atoms with Crippen LogP contribution in [-0.4, -0.2) is 43.2 Å². The van der Waals surface area contributed by atoms with Gasteiger partial charge in [0, 0.05) is 19.7 Å². The quantitative estimate of drug-likeness (QED) is 0.805. The van der Waals surface area contributed by atoms with Crippen LogP contribution in [0.4, 0.5) is 0 Å². The van der Waals surface area contributed by atoms with Crippen LogP contribution in [0.3, 0.4) is 0 Å². The summed E-state index contributed by atoms with van der Waals surface area (Å²) in [6.07, 6.45) is 7.23. The first kappa shape index (κ1) is 12.8. The van der Waals surface area contributed by atoms with Crippen molar-refractivity contribution in [1.29, 1.82) is 0 Å². The van der Waals surface area contributed by atoms with E-state index in [0.717, 1.165) is 38.8 Å². The Hall–Kier alpha value is -0.610. The maximum atomic E-state index is 11.3. The lowest BCUT2D eigenvalue weighted by atomic mass is 9.88. The zero-order chi connectivity index (χ0) is 12.3. The molecule has 0 aromatic rings. The Balaban J connectivity index is 1.84. The lowest BCUT2D eigenvalue weighted by Gasteiger charge is -2.40. The zero-order valence-corrected chi connectivity index (χ0v) is 10.7. The summed E-state index contributed by atoms with van der Waals surface area (Å²) < 4.78 is 5.39. The molecule has 4 heteroatoms. The average Bonchev–Trinajstić information content (AvgIpc) is 2.39. The lowest BCUT2D eigenvalue weighted by molar-refractivity contribution is -0.124. The van der Waals surface area contributed by atoms with Gasteiger partial charge in [-0.3, -0.25) is 9.69 Å². The molecule has 1 heterocycles. The number of nitrogens with two attached hydrogens (primary N) is 1. The summed E-state index contributed by atoms with van der Waals surface area (Å²) in [6.45, 7) is 2.00. The highest BCUT2D eigenvalue weighted by Gasteiger charge is 2.31. The molecule has 1 atom stereocenters. The molecule has 1 aliphatic carbocycles. The first-order valence-corrected chi connectivity index (χ1v) is 6.77. The van der Waals surface area contributed by atoms with Crippen LogP contribution >= 0.6 is 0 Å². The third kappa shape index (κ3) is 3.19. The van der Waals surface area contributed by atoms with Crippen LogP contribution in [-0.2, 0) is 9.53 Å². The van der Waals surface area contributed by atoms with Crippen LogP contribution in [0.5, 0.6) is 0 Å². The number of piperidine rings is 1. The van der Waals surface area contributed by atoms with Gasteiger partial charge in [0.05, 0.1) is 12.0 Å². The van der Waals surface area contributed by atoms with Crippen LogP contribution in [0.15, 0.2) is 0 Å². The summed E-state index contributed by atoms with van der Waals surface area (Å²) >= 11 is 0. The van der Waals surface area contributed by atoms with Gasteiger partial charge in [0.1, 0.15) is 0 Å². The normalized spacial score (nSPS) is 35.7. The summed E-state index contributed by atoms with van der Waals surface area (Å²) in [6, 6.07) is 0.642. The van der Waals surface area contributed by atoms with Gasteiger partial charge in [0.25, 0.3) is 0 Å². The Kier molecular flexibility index (Phi) is 4.40. The number of hydrogen-bond acceptors (Lipinski definition) is 3. The van der Waals surface area contributed by atoms with E-state index in [4.69, 9.17) is 10.5 Å². The van der Waals surface area contributed by atoms with E-state index in [9.17, 15) is 4.79 Å². The highest BCUT2D eigenvalue weighted by molar-refractivity contribution is 5.76. The number of ether oxygens (including phenoxy) is 1. The fourth-order valence-corrected chi connectivity index (χ4v) is 3.22. The van der Waals surface area contributed by atoms with Crippen molar-refractivity contribution < 1.29 is 9.53 Å². The maximum Gasteiger partial charge on any atom is 0.221 e. The van der Waals surface area contributed by atoms with Gasteiger partial charge in [-0.2, -0.15) is 0 Å².